The zero-order valence-corrected chi connectivity index (χ0v) is 31.4. The summed E-state index contributed by atoms with van der Waals surface area (Å²) >= 11 is 0. The molecular weight excluding hydrogens is 584 g/mol. The van der Waals surface area contributed by atoms with Gasteiger partial charge in [0.2, 0.25) is 0 Å². The van der Waals surface area contributed by atoms with E-state index in [2.05, 4.69) is 27.7 Å². The molecule has 0 aromatic rings. The second-order valence-corrected chi connectivity index (χ2v) is 15.8. The predicted octanol–water partition coefficient (Wildman–Crippen LogP) is 0.0812. The second kappa shape index (κ2) is 43.6. The summed E-state index contributed by atoms with van der Waals surface area (Å²) in [6, 6.07) is 0. The van der Waals surface area contributed by atoms with Crippen molar-refractivity contribution in [2.75, 3.05) is 24.6 Å². The van der Waals surface area contributed by atoms with Crippen molar-refractivity contribution >= 4 is 24.6 Å². The van der Waals surface area contributed by atoms with Gasteiger partial charge in [-0.2, -0.15) is 0 Å². The van der Waals surface area contributed by atoms with Crippen molar-refractivity contribution in [3.8, 4) is 0 Å². The van der Waals surface area contributed by atoms with Gasteiger partial charge in [-0.05, 0) is 51.4 Å². The van der Waals surface area contributed by atoms with Gasteiger partial charge in [0, 0.05) is 7.26 Å². The van der Waals surface area contributed by atoms with E-state index in [0.717, 1.165) is 0 Å². The van der Waals surface area contributed by atoms with Crippen molar-refractivity contribution in [3.05, 3.63) is 0 Å². The maximum Gasteiger partial charge on any atom is 3.00 e. The van der Waals surface area contributed by atoms with E-state index in [9.17, 15) is 0 Å². The van der Waals surface area contributed by atoms with E-state index in [0.29, 0.717) is 0 Å². The summed E-state index contributed by atoms with van der Waals surface area (Å²) in [4.78, 5) is 0. The molecule has 0 saturated heterocycles. The van der Waals surface area contributed by atoms with E-state index in [1.807, 2.05) is 0 Å². The van der Waals surface area contributed by atoms with Gasteiger partial charge in [0.05, 0.1) is 24.6 Å². The van der Waals surface area contributed by atoms with Gasteiger partial charge < -0.3 is 49.6 Å². The maximum atomic E-state index is 2.37. The van der Waals surface area contributed by atoms with Crippen LogP contribution in [0.25, 0.3) is 0 Å². The molecule has 0 heterocycles. The molecule has 0 aliphatic carbocycles. The zero-order chi connectivity index (χ0) is 24.3. The topological polar surface area (TPSA) is 0 Å². The summed E-state index contributed by atoms with van der Waals surface area (Å²) < 4.78 is 0. The van der Waals surface area contributed by atoms with Crippen LogP contribution in [0.4, 0.5) is 0 Å². The molecule has 0 spiro atoms. The molecule has 0 nitrogen and oxygen atoms in total. The van der Waals surface area contributed by atoms with Gasteiger partial charge in [0.25, 0.3) is 0 Å². The molecule has 38 heavy (non-hydrogen) atoms. The van der Waals surface area contributed by atoms with Gasteiger partial charge in [-0.25, -0.2) is 0 Å². The Morgan fingerprint density at radius 3 is 0.632 bits per heavy atom. The van der Waals surface area contributed by atoms with Crippen molar-refractivity contribution in [3.63, 3.8) is 0 Å². The first kappa shape index (κ1) is 52.7. The van der Waals surface area contributed by atoms with Crippen LogP contribution in [0.2, 0.25) is 0 Å². The predicted molar refractivity (Wildman–Crippen MR) is 166 cm³/mol. The van der Waals surface area contributed by atoms with Gasteiger partial charge in [-0.3, -0.25) is 0 Å². The van der Waals surface area contributed by atoms with Gasteiger partial charge in [0.15, 0.2) is 0 Å². The molecule has 0 unspecified atom stereocenters. The van der Waals surface area contributed by atoms with Gasteiger partial charge >= 0.3 is 17.4 Å². The number of halogens is 4. The van der Waals surface area contributed by atoms with Crippen LogP contribution in [0.5, 0.6) is 0 Å². The normalized spacial score (nSPS) is 10.4. The first-order valence-electron chi connectivity index (χ1n) is 16.1. The van der Waals surface area contributed by atoms with Crippen molar-refractivity contribution in [1.29, 1.82) is 0 Å². The smallest absolute Gasteiger partial charge is 1.00 e. The number of hydrogen-bond acceptors (Lipinski definition) is 0. The minimum Gasteiger partial charge on any atom is -1.00 e. The molecule has 232 valence electrons. The van der Waals surface area contributed by atoms with Crippen LogP contribution in [0.3, 0.4) is 0 Å². The third-order valence-corrected chi connectivity index (χ3v) is 13.0. The van der Waals surface area contributed by atoms with E-state index in [1.165, 1.54) is 128 Å². The van der Waals surface area contributed by atoms with E-state index in [1.54, 1.807) is 50.3 Å². The molecule has 0 fully saturated rings. The van der Waals surface area contributed by atoms with Crippen molar-refractivity contribution in [2.45, 2.75) is 182 Å². The molecule has 0 bridgehead atoms. The Morgan fingerprint density at radius 1 is 0.263 bits per heavy atom. The van der Waals surface area contributed by atoms with Crippen LogP contribution in [0, 0.1) is 0 Å². The molecule has 0 N–H and O–H groups in total. The van der Waals surface area contributed by atoms with E-state index >= 15 is 0 Å². The average Bonchev–Trinajstić information content (AvgIpc) is 2.83. The molecule has 0 saturated carbocycles. The Balaban J connectivity index is -0.000000512. The molecule has 0 aliphatic rings. The summed E-state index contributed by atoms with van der Waals surface area (Å²) in [7, 11) is -0.697. The van der Waals surface area contributed by atoms with Crippen molar-refractivity contribution < 1.29 is 49.6 Å². The van der Waals surface area contributed by atoms with Crippen LogP contribution in [-0.4, -0.2) is 42.0 Å². The molecule has 0 radical (unpaired) electrons. The van der Waals surface area contributed by atoms with Gasteiger partial charge in [0.1, 0.15) is 0 Å². The third-order valence-electron chi connectivity index (χ3n) is 7.94. The quantitative estimate of drug-likeness (QED) is 0.0639. The minimum atomic E-state index is -0.697. The first-order chi connectivity index (χ1) is 16.2. The number of hydrogen-bond donors (Lipinski definition) is 0. The fourth-order valence-electron chi connectivity index (χ4n) is 5.58. The monoisotopic (exact) mass is 650 g/mol. The summed E-state index contributed by atoms with van der Waals surface area (Å²) in [5, 5.41) is 0. The Bertz CT molecular complexity index is 344. The molecule has 0 aromatic heterocycles. The maximum absolute atomic E-state index is 2.37. The molecule has 0 atom stereocenters. The van der Waals surface area contributed by atoms with E-state index < -0.39 is 7.26 Å². The third kappa shape index (κ3) is 36.1. The molecule has 0 aliphatic heterocycles. The van der Waals surface area contributed by atoms with E-state index in [-0.39, 0.29) is 67.0 Å². The SMILES string of the molecule is CCCCCCCCCCCCCC[P+](CCCCCC)(CCCCCC)CCCCCC.[Al+3].[Cl-].[Cl-].[Cl-].[Cl-]. The first-order valence-corrected chi connectivity index (χ1v) is 18.6. The Morgan fingerprint density at radius 2 is 0.421 bits per heavy atom. The van der Waals surface area contributed by atoms with Crippen LogP contribution in [-0.2, 0) is 0 Å². The van der Waals surface area contributed by atoms with Gasteiger partial charge in [-0.15, -0.1) is 0 Å². The Hall–Kier alpha value is 2.12. The van der Waals surface area contributed by atoms with Gasteiger partial charge in [-0.1, -0.05) is 130 Å². The fraction of sp³-hybridized carbons (Fsp3) is 1.00. The number of unbranched alkanes of at least 4 members (excludes halogenated alkanes) is 20. The summed E-state index contributed by atoms with van der Waals surface area (Å²) in [6.07, 6.45) is 42.1. The van der Waals surface area contributed by atoms with Crippen LogP contribution in [0.15, 0.2) is 0 Å². The fourth-order valence-corrected chi connectivity index (χ4v) is 10.5. The summed E-state index contributed by atoms with van der Waals surface area (Å²) in [5.41, 5.74) is 0. The largest absolute Gasteiger partial charge is 3.00 e. The molecule has 0 aromatic carbocycles. The van der Waals surface area contributed by atoms with Crippen LogP contribution < -0.4 is 49.6 Å². The molecule has 0 rings (SSSR count). The minimum absolute atomic E-state index is 0. The van der Waals surface area contributed by atoms with E-state index in [4.69, 9.17) is 0 Å². The molecule has 6 heteroatoms. The number of rotatable bonds is 28. The van der Waals surface area contributed by atoms with Crippen molar-refractivity contribution in [1.82, 2.24) is 0 Å². The van der Waals surface area contributed by atoms with Crippen molar-refractivity contribution in [2.24, 2.45) is 0 Å². The second-order valence-electron chi connectivity index (χ2n) is 11.3. The summed E-state index contributed by atoms with van der Waals surface area (Å²) in [5.74, 6) is 0. The van der Waals surface area contributed by atoms with Crippen LogP contribution in [0.1, 0.15) is 182 Å². The zero-order valence-electron chi connectivity index (χ0n) is 26.3. The molecular formula is C32H68AlCl4P. The average molecular weight is 653 g/mol. The van der Waals surface area contributed by atoms with Crippen LogP contribution >= 0.6 is 7.26 Å². The Labute approximate surface area is 279 Å². The summed E-state index contributed by atoms with van der Waals surface area (Å²) in [6.45, 7) is 9.41. The Kier molecular flexibility index (Phi) is 60.5. The molecule has 0 amide bonds. The standard InChI is InChI=1S/C32H68P.Al.4ClH/c1-5-9-13-17-18-19-20-21-22-23-24-28-32-33(29-25-14-10-6-2,30-26-15-11-7-3)31-27-16-12-8-4;;;;;/h5-32H2,1-4H3;;4*1H/q+1;+3;;;;/p-4.